The Kier molecular flexibility index (Phi) is 4.60. The zero-order valence-electron chi connectivity index (χ0n) is 10.9. The molecule has 0 aliphatic heterocycles. The van der Waals surface area contributed by atoms with Crippen molar-refractivity contribution in [2.24, 2.45) is 5.92 Å². The fourth-order valence-corrected chi connectivity index (χ4v) is 2.31. The van der Waals surface area contributed by atoms with Gasteiger partial charge in [-0.05, 0) is 24.2 Å². The standard InChI is InChI=1S/C13H16ClFN2OS/c1-8(2)7-18-4-3-17-12-6-10(15)9(14)5-11(12)16-13(17)19/h5-6,8H,3-4,7H2,1-2H3,(H,16,19). The van der Waals surface area contributed by atoms with E-state index in [0.717, 1.165) is 5.52 Å². The van der Waals surface area contributed by atoms with E-state index >= 15 is 0 Å². The first kappa shape index (κ1) is 14.5. The van der Waals surface area contributed by atoms with Gasteiger partial charge < -0.3 is 14.3 Å². The Morgan fingerprint density at radius 2 is 2.21 bits per heavy atom. The first-order valence-corrected chi connectivity index (χ1v) is 6.93. The molecule has 104 valence electrons. The van der Waals surface area contributed by atoms with Crippen LogP contribution in [0, 0.1) is 16.5 Å². The van der Waals surface area contributed by atoms with Crippen LogP contribution in [0.5, 0.6) is 0 Å². The third-order valence-electron chi connectivity index (χ3n) is 2.73. The Morgan fingerprint density at radius 3 is 2.89 bits per heavy atom. The molecule has 1 heterocycles. The number of benzene rings is 1. The number of aromatic amines is 1. The number of hydrogen-bond donors (Lipinski definition) is 1. The summed E-state index contributed by atoms with van der Waals surface area (Å²) in [6.45, 7) is 6.02. The third kappa shape index (κ3) is 3.35. The van der Waals surface area contributed by atoms with Gasteiger partial charge in [-0.25, -0.2) is 4.39 Å². The van der Waals surface area contributed by atoms with Crippen LogP contribution in [-0.4, -0.2) is 22.8 Å². The lowest BCUT2D eigenvalue weighted by molar-refractivity contribution is 0.103. The zero-order valence-corrected chi connectivity index (χ0v) is 12.4. The van der Waals surface area contributed by atoms with Gasteiger partial charge in [0.1, 0.15) is 5.82 Å². The quantitative estimate of drug-likeness (QED) is 0.664. The highest BCUT2D eigenvalue weighted by molar-refractivity contribution is 7.71. The number of halogens is 2. The van der Waals surface area contributed by atoms with Gasteiger partial charge >= 0.3 is 0 Å². The van der Waals surface area contributed by atoms with Gasteiger partial charge in [-0.2, -0.15) is 0 Å². The topological polar surface area (TPSA) is 29.9 Å². The van der Waals surface area contributed by atoms with Crippen LogP contribution < -0.4 is 0 Å². The van der Waals surface area contributed by atoms with Crippen LogP contribution in [-0.2, 0) is 11.3 Å². The number of nitrogens with one attached hydrogen (secondary N) is 1. The van der Waals surface area contributed by atoms with Crippen LogP contribution in [0.2, 0.25) is 5.02 Å². The molecule has 0 bridgehead atoms. The van der Waals surface area contributed by atoms with Crippen molar-refractivity contribution >= 4 is 34.9 Å². The van der Waals surface area contributed by atoms with Crippen LogP contribution in [0.4, 0.5) is 4.39 Å². The number of imidazole rings is 1. The summed E-state index contributed by atoms with van der Waals surface area (Å²) in [6, 6.07) is 2.94. The Morgan fingerprint density at radius 1 is 1.47 bits per heavy atom. The highest BCUT2D eigenvalue weighted by Gasteiger charge is 2.09. The molecule has 2 aromatic rings. The molecule has 1 N–H and O–H groups in total. The lowest BCUT2D eigenvalue weighted by Gasteiger charge is -2.08. The molecule has 0 saturated heterocycles. The second kappa shape index (κ2) is 6.03. The van der Waals surface area contributed by atoms with Gasteiger partial charge in [-0.3, -0.25) is 0 Å². The van der Waals surface area contributed by atoms with Crippen molar-refractivity contribution in [1.29, 1.82) is 0 Å². The third-order valence-corrected chi connectivity index (χ3v) is 3.34. The molecule has 0 spiro atoms. The van der Waals surface area contributed by atoms with Gasteiger partial charge in [-0.1, -0.05) is 25.4 Å². The molecule has 3 nitrogen and oxygen atoms in total. The highest BCUT2D eigenvalue weighted by Crippen LogP contribution is 2.22. The monoisotopic (exact) mass is 302 g/mol. The Hall–Kier alpha value is -0.910. The molecule has 0 aliphatic carbocycles. The molecule has 0 unspecified atom stereocenters. The summed E-state index contributed by atoms with van der Waals surface area (Å²) in [5.74, 6) is 0.0483. The summed E-state index contributed by atoms with van der Waals surface area (Å²) >= 11 is 11.0. The number of nitrogens with zero attached hydrogens (tertiary/aromatic N) is 1. The molecule has 2 rings (SSSR count). The molecule has 19 heavy (non-hydrogen) atoms. The van der Waals surface area contributed by atoms with E-state index in [1.54, 1.807) is 6.07 Å². The van der Waals surface area contributed by atoms with Crippen molar-refractivity contribution < 1.29 is 9.13 Å². The van der Waals surface area contributed by atoms with Crippen molar-refractivity contribution in [3.05, 3.63) is 27.7 Å². The Bertz CT molecular complexity index is 635. The maximum Gasteiger partial charge on any atom is 0.178 e. The van der Waals surface area contributed by atoms with Crippen molar-refractivity contribution in [3.63, 3.8) is 0 Å². The second-order valence-electron chi connectivity index (χ2n) is 4.83. The van der Waals surface area contributed by atoms with Crippen LogP contribution in [0.25, 0.3) is 11.0 Å². The summed E-state index contributed by atoms with van der Waals surface area (Å²) in [7, 11) is 0. The van der Waals surface area contributed by atoms with Crippen molar-refractivity contribution in [3.8, 4) is 0 Å². The number of rotatable bonds is 5. The number of aromatic nitrogens is 2. The van der Waals surface area contributed by atoms with Gasteiger partial charge in [0.2, 0.25) is 0 Å². The maximum absolute atomic E-state index is 13.5. The molecule has 1 aromatic heterocycles. The number of H-pyrrole nitrogens is 1. The summed E-state index contributed by atoms with van der Waals surface area (Å²) in [5, 5.41) is 0.0898. The number of ether oxygens (including phenoxy) is 1. The fourth-order valence-electron chi connectivity index (χ4n) is 1.85. The minimum atomic E-state index is -0.444. The van der Waals surface area contributed by atoms with E-state index in [4.69, 9.17) is 28.6 Å². The molecule has 6 heteroatoms. The van der Waals surface area contributed by atoms with Crippen LogP contribution >= 0.6 is 23.8 Å². The van der Waals surface area contributed by atoms with E-state index in [2.05, 4.69) is 18.8 Å². The molecular formula is C13H16ClFN2OS. The second-order valence-corrected chi connectivity index (χ2v) is 5.63. The van der Waals surface area contributed by atoms with Crippen LogP contribution in [0.3, 0.4) is 0 Å². The van der Waals surface area contributed by atoms with Gasteiger partial charge in [0.25, 0.3) is 0 Å². The van der Waals surface area contributed by atoms with Gasteiger partial charge in [0, 0.05) is 19.2 Å². The molecule has 0 atom stereocenters. The van der Waals surface area contributed by atoms with E-state index < -0.39 is 5.82 Å². The van der Waals surface area contributed by atoms with E-state index in [0.29, 0.717) is 36.0 Å². The summed E-state index contributed by atoms with van der Waals surface area (Å²) in [6.07, 6.45) is 0. The Balaban J connectivity index is 2.20. The van der Waals surface area contributed by atoms with Gasteiger partial charge in [-0.15, -0.1) is 0 Å². The Labute approximate surface area is 121 Å². The predicted molar refractivity (Wildman–Crippen MR) is 77.7 cm³/mol. The summed E-state index contributed by atoms with van der Waals surface area (Å²) in [4.78, 5) is 3.02. The summed E-state index contributed by atoms with van der Waals surface area (Å²) in [5.41, 5.74) is 1.44. The average Bonchev–Trinajstić information content (AvgIpc) is 2.61. The van der Waals surface area contributed by atoms with Crippen LogP contribution in [0.15, 0.2) is 12.1 Å². The van der Waals surface area contributed by atoms with Gasteiger partial charge in [0.15, 0.2) is 4.77 Å². The van der Waals surface area contributed by atoms with E-state index in [9.17, 15) is 4.39 Å². The number of fused-ring (bicyclic) bond motifs is 1. The van der Waals surface area contributed by atoms with Crippen LogP contribution in [0.1, 0.15) is 13.8 Å². The van der Waals surface area contributed by atoms with E-state index in [1.807, 2.05) is 4.57 Å². The molecule has 0 radical (unpaired) electrons. The van der Waals surface area contributed by atoms with E-state index in [-0.39, 0.29) is 5.02 Å². The molecule has 0 aliphatic rings. The minimum Gasteiger partial charge on any atom is -0.379 e. The van der Waals surface area contributed by atoms with Crippen molar-refractivity contribution in [2.75, 3.05) is 13.2 Å². The molecule has 1 aromatic carbocycles. The largest absolute Gasteiger partial charge is 0.379 e. The van der Waals surface area contributed by atoms with Gasteiger partial charge in [0.05, 0.1) is 22.7 Å². The predicted octanol–water partition coefficient (Wildman–Crippen LogP) is 4.16. The smallest absolute Gasteiger partial charge is 0.178 e. The lowest BCUT2D eigenvalue weighted by atomic mass is 10.2. The zero-order chi connectivity index (χ0) is 14.0. The number of hydrogen-bond acceptors (Lipinski definition) is 2. The molecular weight excluding hydrogens is 287 g/mol. The fraction of sp³-hybridized carbons (Fsp3) is 0.462. The highest BCUT2D eigenvalue weighted by atomic mass is 35.5. The maximum atomic E-state index is 13.5. The SMILES string of the molecule is CC(C)COCCn1c(=S)[nH]c2cc(Cl)c(F)cc21. The molecule has 0 amide bonds. The first-order valence-electron chi connectivity index (χ1n) is 6.14. The minimum absolute atomic E-state index is 0.0898. The normalized spacial score (nSPS) is 11.6. The molecule has 0 saturated carbocycles. The summed E-state index contributed by atoms with van der Waals surface area (Å²) < 4.78 is 21.4. The lowest BCUT2D eigenvalue weighted by Crippen LogP contribution is -2.09. The van der Waals surface area contributed by atoms with Crippen molar-refractivity contribution in [1.82, 2.24) is 9.55 Å². The average molecular weight is 303 g/mol. The van der Waals surface area contributed by atoms with E-state index in [1.165, 1.54) is 6.07 Å². The molecule has 0 fully saturated rings. The van der Waals surface area contributed by atoms with Crippen molar-refractivity contribution in [2.45, 2.75) is 20.4 Å². The first-order chi connectivity index (χ1) is 8.99.